The Labute approximate surface area is 140 Å². The van der Waals surface area contributed by atoms with Crippen molar-refractivity contribution in [1.29, 1.82) is 0 Å². The summed E-state index contributed by atoms with van der Waals surface area (Å²) in [6, 6.07) is 16.7. The summed E-state index contributed by atoms with van der Waals surface area (Å²) in [4.78, 5) is 29.3. The molecule has 5 nitrogen and oxygen atoms in total. The van der Waals surface area contributed by atoms with Crippen molar-refractivity contribution < 1.29 is 4.79 Å². The Morgan fingerprint density at radius 3 is 2.54 bits per heavy atom. The van der Waals surface area contributed by atoms with Crippen LogP contribution >= 0.6 is 0 Å². The van der Waals surface area contributed by atoms with Crippen molar-refractivity contribution in [3.05, 3.63) is 76.3 Å². The van der Waals surface area contributed by atoms with Crippen molar-refractivity contribution in [2.45, 2.75) is 26.4 Å². The van der Waals surface area contributed by atoms with E-state index in [9.17, 15) is 9.59 Å². The summed E-state index contributed by atoms with van der Waals surface area (Å²) in [5, 5.41) is 3.44. The van der Waals surface area contributed by atoms with Gasteiger partial charge in [-0.05, 0) is 31.5 Å². The second-order valence-corrected chi connectivity index (χ2v) is 5.77. The number of benzene rings is 2. The lowest BCUT2D eigenvalue weighted by molar-refractivity contribution is -0.122. The third kappa shape index (κ3) is 3.20. The van der Waals surface area contributed by atoms with Gasteiger partial charge in [0, 0.05) is 0 Å². The number of rotatable bonds is 4. The summed E-state index contributed by atoms with van der Waals surface area (Å²) in [7, 11) is 0. The van der Waals surface area contributed by atoms with Crippen molar-refractivity contribution in [2.24, 2.45) is 0 Å². The van der Waals surface area contributed by atoms with Gasteiger partial charge in [-0.3, -0.25) is 14.2 Å². The number of nitrogens with zero attached hydrogens (tertiary/aromatic N) is 2. The summed E-state index contributed by atoms with van der Waals surface area (Å²) >= 11 is 0. The normalized spacial score (nSPS) is 12.1. The van der Waals surface area contributed by atoms with Crippen molar-refractivity contribution in [3.63, 3.8) is 0 Å². The number of nitrogens with one attached hydrogen (secondary N) is 1. The Morgan fingerprint density at radius 2 is 1.79 bits per heavy atom. The lowest BCUT2D eigenvalue weighted by Gasteiger charge is -2.16. The fourth-order valence-corrected chi connectivity index (χ4v) is 2.72. The molecule has 0 saturated heterocycles. The number of para-hydroxylation sites is 1. The van der Waals surface area contributed by atoms with Crippen LogP contribution in [0.2, 0.25) is 0 Å². The standard InChI is InChI=1S/C19H19N3O2/c1-13(15-8-4-3-5-9-15)20-18(23)12-22-14(2)21-17-11-7-6-10-16(17)19(22)24/h3-11,13H,12H2,1-2H3,(H,20,23)/t13-/m1/s1. The molecular formula is C19H19N3O2. The molecule has 0 aliphatic heterocycles. The minimum absolute atomic E-state index is 0.0420. The summed E-state index contributed by atoms with van der Waals surface area (Å²) in [5.41, 5.74) is 1.47. The molecule has 3 rings (SSSR count). The molecule has 122 valence electrons. The van der Waals surface area contributed by atoms with E-state index in [0.29, 0.717) is 16.7 Å². The molecule has 1 heterocycles. The Morgan fingerprint density at radius 1 is 1.12 bits per heavy atom. The van der Waals surface area contributed by atoms with E-state index in [4.69, 9.17) is 0 Å². The molecule has 1 N–H and O–H groups in total. The molecule has 0 fully saturated rings. The first-order valence-electron chi connectivity index (χ1n) is 7.87. The van der Waals surface area contributed by atoms with E-state index in [1.165, 1.54) is 4.57 Å². The average Bonchev–Trinajstić information content (AvgIpc) is 2.59. The first-order chi connectivity index (χ1) is 11.6. The van der Waals surface area contributed by atoms with Crippen molar-refractivity contribution in [3.8, 4) is 0 Å². The zero-order valence-corrected chi connectivity index (χ0v) is 13.7. The van der Waals surface area contributed by atoms with E-state index in [2.05, 4.69) is 10.3 Å². The monoisotopic (exact) mass is 321 g/mol. The molecule has 1 aromatic heterocycles. The number of fused-ring (bicyclic) bond motifs is 1. The molecule has 1 atom stereocenters. The van der Waals surface area contributed by atoms with Gasteiger partial charge in [-0.2, -0.15) is 0 Å². The first kappa shape index (κ1) is 15.9. The Kier molecular flexibility index (Phi) is 4.42. The zero-order valence-electron chi connectivity index (χ0n) is 13.7. The fraction of sp³-hybridized carbons (Fsp3) is 0.211. The Balaban J connectivity index is 1.82. The van der Waals surface area contributed by atoms with E-state index in [0.717, 1.165) is 5.56 Å². The van der Waals surface area contributed by atoms with E-state index >= 15 is 0 Å². The molecule has 0 saturated carbocycles. The van der Waals surface area contributed by atoms with Crippen LogP contribution < -0.4 is 10.9 Å². The number of carbonyl (C=O) groups is 1. The number of amides is 1. The molecule has 0 aliphatic rings. The van der Waals surface area contributed by atoms with Gasteiger partial charge in [-0.25, -0.2) is 4.98 Å². The molecule has 0 aliphatic carbocycles. The molecule has 3 aromatic rings. The molecular weight excluding hydrogens is 302 g/mol. The number of carbonyl (C=O) groups excluding carboxylic acids is 1. The number of hydrogen-bond donors (Lipinski definition) is 1. The lowest BCUT2D eigenvalue weighted by atomic mass is 10.1. The molecule has 0 bridgehead atoms. The Hall–Kier alpha value is -2.95. The molecule has 2 aromatic carbocycles. The Bertz CT molecular complexity index is 932. The summed E-state index contributed by atoms with van der Waals surface area (Å²) in [5.74, 6) is 0.315. The maximum absolute atomic E-state index is 12.6. The zero-order chi connectivity index (χ0) is 17.1. The van der Waals surface area contributed by atoms with Crippen LogP contribution in [0.15, 0.2) is 59.4 Å². The second-order valence-electron chi connectivity index (χ2n) is 5.77. The van der Waals surface area contributed by atoms with Crippen molar-refractivity contribution in [1.82, 2.24) is 14.9 Å². The molecule has 0 spiro atoms. The number of aromatic nitrogens is 2. The van der Waals surface area contributed by atoms with E-state index in [1.54, 1.807) is 25.1 Å². The van der Waals surface area contributed by atoms with E-state index in [-0.39, 0.29) is 24.1 Å². The lowest BCUT2D eigenvalue weighted by Crippen LogP contribution is -2.35. The molecule has 0 unspecified atom stereocenters. The van der Waals surface area contributed by atoms with Crippen LogP contribution in [0.5, 0.6) is 0 Å². The van der Waals surface area contributed by atoms with Gasteiger partial charge < -0.3 is 5.32 Å². The van der Waals surface area contributed by atoms with Crippen LogP contribution in [0.25, 0.3) is 10.9 Å². The van der Waals surface area contributed by atoms with Crippen LogP contribution in [0, 0.1) is 6.92 Å². The van der Waals surface area contributed by atoms with Crippen LogP contribution in [0.3, 0.4) is 0 Å². The van der Waals surface area contributed by atoms with Gasteiger partial charge in [0.25, 0.3) is 5.56 Å². The minimum atomic E-state index is -0.214. The van der Waals surface area contributed by atoms with Gasteiger partial charge in [-0.15, -0.1) is 0 Å². The van der Waals surface area contributed by atoms with Gasteiger partial charge in [0.2, 0.25) is 5.91 Å². The molecule has 0 radical (unpaired) electrons. The second kappa shape index (κ2) is 6.66. The van der Waals surface area contributed by atoms with Gasteiger partial charge in [0.05, 0.1) is 16.9 Å². The molecule has 24 heavy (non-hydrogen) atoms. The van der Waals surface area contributed by atoms with E-state index in [1.807, 2.05) is 43.3 Å². The summed E-state index contributed by atoms with van der Waals surface area (Å²) in [6.07, 6.45) is 0. The largest absolute Gasteiger partial charge is 0.348 e. The smallest absolute Gasteiger partial charge is 0.261 e. The number of hydrogen-bond acceptors (Lipinski definition) is 3. The molecule has 5 heteroatoms. The maximum atomic E-state index is 12.6. The highest BCUT2D eigenvalue weighted by atomic mass is 16.2. The van der Waals surface area contributed by atoms with Crippen molar-refractivity contribution in [2.75, 3.05) is 0 Å². The maximum Gasteiger partial charge on any atom is 0.261 e. The predicted octanol–water partition coefficient (Wildman–Crippen LogP) is 2.58. The van der Waals surface area contributed by atoms with Gasteiger partial charge in [0.15, 0.2) is 0 Å². The highest BCUT2D eigenvalue weighted by Gasteiger charge is 2.13. The average molecular weight is 321 g/mol. The van der Waals surface area contributed by atoms with Gasteiger partial charge in [-0.1, -0.05) is 42.5 Å². The van der Waals surface area contributed by atoms with Crippen LogP contribution in [0.1, 0.15) is 24.4 Å². The summed E-state index contributed by atoms with van der Waals surface area (Å²) < 4.78 is 1.41. The van der Waals surface area contributed by atoms with Crippen molar-refractivity contribution >= 4 is 16.8 Å². The topological polar surface area (TPSA) is 64.0 Å². The SMILES string of the molecule is Cc1nc2ccccc2c(=O)n1CC(=O)N[C@H](C)c1ccccc1. The highest BCUT2D eigenvalue weighted by Crippen LogP contribution is 2.11. The highest BCUT2D eigenvalue weighted by molar-refractivity contribution is 5.79. The predicted molar refractivity (Wildman–Crippen MR) is 93.7 cm³/mol. The third-order valence-electron chi connectivity index (χ3n) is 4.03. The van der Waals surface area contributed by atoms with Crippen LogP contribution in [-0.4, -0.2) is 15.5 Å². The van der Waals surface area contributed by atoms with Gasteiger partial charge >= 0.3 is 0 Å². The fourth-order valence-electron chi connectivity index (χ4n) is 2.72. The summed E-state index contributed by atoms with van der Waals surface area (Å²) in [6.45, 7) is 3.61. The van der Waals surface area contributed by atoms with Crippen LogP contribution in [0.4, 0.5) is 0 Å². The van der Waals surface area contributed by atoms with Crippen LogP contribution in [-0.2, 0) is 11.3 Å². The third-order valence-corrected chi connectivity index (χ3v) is 4.03. The first-order valence-corrected chi connectivity index (χ1v) is 7.87. The minimum Gasteiger partial charge on any atom is -0.348 e. The van der Waals surface area contributed by atoms with E-state index < -0.39 is 0 Å². The quantitative estimate of drug-likeness (QED) is 0.803. The number of aryl methyl sites for hydroxylation is 1. The van der Waals surface area contributed by atoms with Gasteiger partial charge in [0.1, 0.15) is 12.4 Å². The molecule has 1 amide bonds.